The summed E-state index contributed by atoms with van der Waals surface area (Å²) in [5.74, 6) is 0.245. The summed E-state index contributed by atoms with van der Waals surface area (Å²) in [5.41, 5.74) is 1.69. The van der Waals surface area contributed by atoms with Crippen molar-refractivity contribution >= 4 is 17.7 Å². The van der Waals surface area contributed by atoms with E-state index in [0.717, 1.165) is 24.1 Å². The van der Waals surface area contributed by atoms with Gasteiger partial charge in [-0.3, -0.25) is 4.79 Å². The molecule has 138 valence electrons. The molecule has 2 fully saturated rings. The van der Waals surface area contributed by atoms with E-state index in [1.807, 2.05) is 4.90 Å². The summed E-state index contributed by atoms with van der Waals surface area (Å²) in [6, 6.07) is 6.49. The molecule has 1 amide bonds. The van der Waals surface area contributed by atoms with Gasteiger partial charge < -0.3 is 14.6 Å². The van der Waals surface area contributed by atoms with Crippen LogP contribution in [0.2, 0.25) is 0 Å². The van der Waals surface area contributed by atoms with E-state index < -0.39 is 0 Å². The quantitative estimate of drug-likeness (QED) is 0.832. The molecule has 2 aromatic rings. The third-order valence-corrected chi connectivity index (χ3v) is 5.96. The van der Waals surface area contributed by atoms with E-state index in [4.69, 9.17) is 4.74 Å². The smallest absolute Gasteiger partial charge is 0.233 e. The zero-order valence-electron chi connectivity index (χ0n) is 14.5. The molecule has 1 saturated carbocycles. The van der Waals surface area contributed by atoms with Gasteiger partial charge in [-0.05, 0) is 42.7 Å². The van der Waals surface area contributed by atoms with Crippen molar-refractivity contribution in [1.29, 1.82) is 0 Å². The number of carbonyl (C=O) groups excluding carboxylic acids is 1. The van der Waals surface area contributed by atoms with Crippen LogP contribution in [0.5, 0.6) is 0 Å². The third-order valence-electron chi connectivity index (χ3n) is 5.09. The van der Waals surface area contributed by atoms with Crippen LogP contribution in [0.15, 0.2) is 35.6 Å². The summed E-state index contributed by atoms with van der Waals surface area (Å²) in [5, 5.41) is 0.700. The standard InChI is InChI=1S/C19H22FN3O2S/c20-14-7-5-13(6-8-14)15-11-21-19(22-15)26-12-18(24)23-9-10-25-17-4-2-1-3-16(17)23/h5-8,11,16-17H,1-4,9-10,12H2,(H,21,22). The first-order valence-corrected chi connectivity index (χ1v) is 10.0. The zero-order valence-corrected chi connectivity index (χ0v) is 15.3. The molecule has 1 N–H and O–H groups in total. The van der Waals surface area contributed by atoms with Crippen LogP contribution < -0.4 is 0 Å². The fourth-order valence-corrected chi connectivity index (χ4v) is 4.51. The molecule has 0 bridgehead atoms. The predicted molar refractivity (Wildman–Crippen MR) is 98.4 cm³/mol. The fourth-order valence-electron chi connectivity index (χ4n) is 3.77. The maximum Gasteiger partial charge on any atom is 0.233 e. The molecule has 0 radical (unpaired) electrons. The molecule has 2 aliphatic rings. The van der Waals surface area contributed by atoms with Gasteiger partial charge in [0, 0.05) is 6.54 Å². The number of hydrogen-bond donors (Lipinski definition) is 1. The van der Waals surface area contributed by atoms with Crippen molar-refractivity contribution in [2.75, 3.05) is 18.9 Å². The van der Waals surface area contributed by atoms with Gasteiger partial charge in [0.1, 0.15) is 5.82 Å². The first-order chi connectivity index (χ1) is 12.7. The number of aromatic amines is 1. The number of ether oxygens (including phenoxy) is 1. The Kier molecular flexibility index (Phi) is 5.26. The average Bonchev–Trinajstić information content (AvgIpc) is 3.15. The highest BCUT2D eigenvalue weighted by molar-refractivity contribution is 7.99. The van der Waals surface area contributed by atoms with Crippen LogP contribution in [0.4, 0.5) is 4.39 Å². The van der Waals surface area contributed by atoms with E-state index in [1.54, 1.807) is 18.3 Å². The molecule has 7 heteroatoms. The van der Waals surface area contributed by atoms with Crippen molar-refractivity contribution in [3.8, 4) is 11.3 Å². The van der Waals surface area contributed by atoms with Gasteiger partial charge in [-0.1, -0.05) is 24.6 Å². The number of carbonyl (C=O) groups is 1. The number of H-pyrrole nitrogens is 1. The molecule has 2 heterocycles. The Morgan fingerprint density at radius 1 is 1.31 bits per heavy atom. The maximum absolute atomic E-state index is 13.0. The molecular weight excluding hydrogens is 353 g/mol. The number of nitrogens with zero attached hydrogens (tertiary/aromatic N) is 2. The van der Waals surface area contributed by atoms with Crippen LogP contribution in [0, 0.1) is 5.82 Å². The number of aromatic nitrogens is 2. The number of imidazole rings is 1. The van der Waals surface area contributed by atoms with Crippen LogP contribution in [0.3, 0.4) is 0 Å². The van der Waals surface area contributed by atoms with Crippen LogP contribution >= 0.6 is 11.8 Å². The second kappa shape index (κ2) is 7.80. The molecule has 0 spiro atoms. The second-order valence-electron chi connectivity index (χ2n) is 6.75. The Bertz CT molecular complexity index is 762. The second-order valence-corrected chi connectivity index (χ2v) is 7.71. The van der Waals surface area contributed by atoms with Crippen LogP contribution in [-0.2, 0) is 9.53 Å². The molecule has 26 heavy (non-hydrogen) atoms. The van der Waals surface area contributed by atoms with Crippen molar-refractivity contribution in [2.24, 2.45) is 0 Å². The predicted octanol–water partition coefficient (Wildman–Crippen LogP) is 3.48. The average molecular weight is 375 g/mol. The lowest BCUT2D eigenvalue weighted by Gasteiger charge is -2.43. The number of rotatable bonds is 4. The van der Waals surface area contributed by atoms with E-state index in [2.05, 4.69) is 9.97 Å². The van der Waals surface area contributed by atoms with Crippen molar-refractivity contribution < 1.29 is 13.9 Å². The summed E-state index contributed by atoms with van der Waals surface area (Å²) in [6.07, 6.45) is 6.38. The number of fused-ring (bicyclic) bond motifs is 1. The van der Waals surface area contributed by atoms with Crippen molar-refractivity contribution in [3.63, 3.8) is 0 Å². The molecule has 1 aliphatic heterocycles. The fraction of sp³-hybridized carbons (Fsp3) is 0.474. The number of benzene rings is 1. The van der Waals surface area contributed by atoms with Gasteiger partial charge in [-0.15, -0.1) is 0 Å². The lowest BCUT2D eigenvalue weighted by molar-refractivity contribution is -0.146. The van der Waals surface area contributed by atoms with Crippen LogP contribution in [0.25, 0.3) is 11.3 Å². The summed E-state index contributed by atoms with van der Waals surface area (Å²) >= 11 is 1.41. The van der Waals surface area contributed by atoms with Gasteiger partial charge in [0.15, 0.2) is 5.16 Å². The molecular formula is C19H22FN3O2S. The van der Waals surface area contributed by atoms with E-state index in [1.165, 1.54) is 36.7 Å². The number of thioether (sulfide) groups is 1. The molecule has 1 saturated heterocycles. The van der Waals surface area contributed by atoms with E-state index in [0.29, 0.717) is 24.1 Å². The minimum atomic E-state index is -0.264. The van der Waals surface area contributed by atoms with Gasteiger partial charge in [-0.25, -0.2) is 9.37 Å². The van der Waals surface area contributed by atoms with Gasteiger partial charge >= 0.3 is 0 Å². The highest BCUT2D eigenvalue weighted by Crippen LogP contribution is 2.29. The Morgan fingerprint density at radius 3 is 2.96 bits per heavy atom. The topological polar surface area (TPSA) is 58.2 Å². The Balaban J connectivity index is 1.36. The molecule has 1 aliphatic carbocycles. The van der Waals surface area contributed by atoms with E-state index in [9.17, 15) is 9.18 Å². The normalized spacial score (nSPS) is 22.9. The SMILES string of the molecule is O=C(CSc1ncc(-c2ccc(F)cc2)[nH]1)N1CCOC2CCCCC21. The number of morpholine rings is 1. The highest BCUT2D eigenvalue weighted by Gasteiger charge is 2.36. The van der Waals surface area contributed by atoms with Crippen molar-refractivity contribution in [1.82, 2.24) is 14.9 Å². The first-order valence-electron chi connectivity index (χ1n) is 9.05. The van der Waals surface area contributed by atoms with Gasteiger partial charge in [0.05, 0.1) is 36.4 Å². The van der Waals surface area contributed by atoms with Gasteiger partial charge in [-0.2, -0.15) is 0 Å². The number of halogens is 1. The first kappa shape index (κ1) is 17.5. The van der Waals surface area contributed by atoms with Crippen LogP contribution in [0.1, 0.15) is 25.7 Å². The summed E-state index contributed by atoms with van der Waals surface area (Å²) in [6.45, 7) is 1.31. The zero-order chi connectivity index (χ0) is 17.9. The molecule has 1 aromatic heterocycles. The molecule has 4 rings (SSSR count). The minimum Gasteiger partial charge on any atom is -0.374 e. The summed E-state index contributed by atoms with van der Waals surface area (Å²) in [4.78, 5) is 22.2. The maximum atomic E-state index is 13.0. The lowest BCUT2D eigenvalue weighted by atomic mass is 9.90. The Hall–Kier alpha value is -1.86. The molecule has 1 aromatic carbocycles. The number of amides is 1. The third kappa shape index (κ3) is 3.78. The van der Waals surface area contributed by atoms with E-state index >= 15 is 0 Å². The molecule has 2 atom stereocenters. The van der Waals surface area contributed by atoms with Crippen molar-refractivity contribution in [3.05, 3.63) is 36.3 Å². The number of nitrogens with one attached hydrogen (secondary N) is 1. The van der Waals surface area contributed by atoms with Gasteiger partial charge in [0.2, 0.25) is 5.91 Å². The molecule has 2 unspecified atom stereocenters. The highest BCUT2D eigenvalue weighted by atomic mass is 32.2. The van der Waals surface area contributed by atoms with E-state index in [-0.39, 0.29) is 23.9 Å². The lowest BCUT2D eigenvalue weighted by Crippen LogP contribution is -2.55. The van der Waals surface area contributed by atoms with Crippen LogP contribution in [-0.4, -0.2) is 51.8 Å². The van der Waals surface area contributed by atoms with Crippen molar-refractivity contribution in [2.45, 2.75) is 43.0 Å². The summed E-state index contributed by atoms with van der Waals surface area (Å²) in [7, 11) is 0. The summed E-state index contributed by atoms with van der Waals surface area (Å²) < 4.78 is 18.9. The minimum absolute atomic E-state index is 0.148. The molecule has 5 nitrogen and oxygen atoms in total. The Morgan fingerprint density at radius 2 is 2.12 bits per heavy atom. The number of hydrogen-bond acceptors (Lipinski definition) is 4. The Labute approximate surface area is 156 Å². The van der Waals surface area contributed by atoms with Gasteiger partial charge in [0.25, 0.3) is 0 Å². The largest absolute Gasteiger partial charge is 0.374 e. The monoisotopic (exact) mass is 375 g/mol.